The number of hydrogen-bond donors (Lipinski definition) is 2. The quantitative estimate of drug-likeness (QED) is 0.775. The van der Waals surface area contributed by atoms with Gasteiger partial charge >= 0.3 is 0 Å². The van der Waals surface area contributed by atoms with Gasteiger partial charge in [-0.2, -0.15) is 0 Å². The standard InChI is InChI=1S/C7H6ClF2NO2/c8-4-1-3(2-12)7(13)11-5(4)6(9)10/h1,6,12H,2H2,(H,11,13). The van der Waals surface area contributed by atoms with Crippen molar-refractivity contribution < 1.29 is 13.9 Å². The van der Waals surface area contributed by atoms with Crippen molar-refractivity contribution in [2.45, 2.75) is 13.0 Å². The van der Waals surface area contributed by atoms with Crippen LogP contribution in [0.2, 0.25) is 5.02 Å². The lowest BCUT2D eigenvalue weighted by Crippen LogP contribution is -2.15. The molecule has 0 saturated carbocycles. The molecule has 0 unspecified atom stereocenters. The van der Waals surface area contributed by atoms with Crippen molar-refractivity contribution in [2.24, 2.45) is 0 Å². The summed E-state index contributed by atoms with van der Waals surface area (Å²) in [6.07, 6.45) is -2.83. The molecular weight excluding hydrogens is 204 g/mol. The molecule has 72 valence electrons. The minimum absolute atomic E-state index is 0.0330. The Morgan fingerprint density at radius 1 is 1.62 bits per heavy atom. The van der Waals surface area contributed by atoms with Gasteiger partial charge in [0.15, 0.2) is 0 Å². The number of aromatic nitrogens is 1. The van der Waals surface area contributed by atoms with E-state index in [1.165, 1.54) is 0 Å². The predicted molar refractivity (Wildman–Crippen MR) is 43.0 cm³/mol. The topological polar surface area (TPSA) is 53.1 Å². The molecule has 0 fully saturated rings. The van der Waals surface area contributed by atoms with Crippen LogP contribution >= 0.6 is 11.6 Å². The van der Waals surface area contributed by atoms with E-state index in [0.717, 1.165) is 6.07 Å². The van der Waals surface area contributed by atoms with E-state index < -0.39 is 24.3 Å². The summed E-state index contributed by atoms with van der Waals surface area (Å²) >= 11 is 5.41. The zero-order valence-electron chi connectivity index (χ0n) is 6.35. The average molecular weight is 210 g/mol. The Kier molecular flexibility index (Phi) is 3.00. The van der Waals surface area contributed by atoms with E-state index in [1.807, 2.05) is 4.98 Å². The molecule has 0 atom stereocenters. The number of pyridine rings is 1. The largest absolute Gasteiger partial charge is 0.391 e. The molecule has 0 aliphatic rings. The van der Waals surface area contributed by atoms with Gasteiger partial charge in [-0.3, -0.25) is 4.79 Å². The Morgan fingerprint density at radius 2 is 2.23 bits per heavy atom. The van der Waals surface area contributed by atoms with Crippen molar-refractivity contribution >= 4 is 11.6 Å². The number of H-pyrrole nitrogens is 1. The Bertz CT molecular complexity index is 364. The molecule has 1 aromatic rings. The van der Waals surface area contributed by atoms with Gasteiger partial charge in [0.25, 0.3) is 12.0 Å². The van der Waals surface area contributed by atoms with E-state index in [-0.39, 0.29) is 10.6 Å². The van der Waals surface area contributed by atoms with Gasteiger partial charge in [-0.05, 0) is 6.07 Å². The van der Waals surface area contributed by atoms with Gasteiger partial charge in [0.1, 0.15) is 5.69 Å². The van der Waals surface area contributed by atoms with Crippen LogP contribution in [0.3, 0.4) is 0 Å². The smallest absolute Gasteiger partial charge is 0.279 e. The molecule has 0 spiro atoms. The molecule has 13 heavy (non-hydrogen) atoms. The summed E-state index contributed by atoms with van der Waals surface area (Å²) in [5.41, 5.74) is -1.40. The molecule has 1 aromatic heterocycles. The van der Waals surface area contributed by atoms with Gasteiger partial charge in [0.05, 0.1) is 11.6 Å². The normalized spacial score (nSPS) is 10.8. The molecule has 0 bridgehead atoms. The molecule has 0 aromatic carbocycles. The highest BCUT2D eigenvalue weighted by atomic mass is 35.5. The van der Waals surface area contributed by atoms with Crippen molar-refractivity contribution in [1.82, 2.24) is 4.98 Å². The number of aliphatic hydroxyl groups excluding tert-OH is 1. The van der Waals surface area contributed by atoms with E-state index >= 15 is 0 Å². The summed E-state index contributed by atoms with van der Waals surface area (Å²) in [7, 11) is 0. The molecule has 6 heteroatoms. The summed E-state index contributed by atoms with van der Waals surface area (Å²) in [6.45, 7) is -0.529. The third-order valence-electron chi connectivity index (χ3n) is 1.49. The van der Waals surface area contributed by atoms with Crippen molar-refractivity contribution in [3.05, 3.63) is 32.7 Å². The molecule has 1 rings (SSSR count). The molecule has 0 aliphatic heterocycles. The Balaban J connectivity index is 3.29. The molecule has 3 nitrogen and oxygen atoms in total. The molecule has 1 heterocycles. The summed E-state index contributed by atoms with van der Waals surface area (Å²) in [6, 6.07) is 1.03. The van der Waals surface area contributed by atoms with Crippen LogP contribution in [0.4, 0.5) is 8.78 Å². The maximum Gasteiger partial charge on any atom is 0.279 e. The highest BCUT2D eigenvalue weighted by Gasteiger charge is 2.14. The number of rotatable bonds is 2. The minimum Gasteiger partial charge on any atom is -0.391 e. The summed E-state index contributed by atoms with van der Waals surface area (Å²) in [5.74, 6) is 0. The molecular formula is C7H6ClF2NO2. The fourth-order valence-corrected chi connectivity index (χ4v) is 1.10. The van der Waals surface area contributed by atoms with Gasteiger partial charge in [0, 0.05) is 5.56 Å². The third kappa shape index (κ3) is 2.05. The van der Waals surface area contributed by atoms with Crippen molar-refractivity contribution in [3.63, 3.8) is 0 Å². The number of alkyl halides is 2. The van der Waals surface area contributed by atoms with Crippen LogP contribution in [0.25, 0.3) is 0 Å². The van der Waals surface area contributed by atoms with E-state index in [4.69, 9.17) is 16.7 Å². The molecule has 0 aliphatic carbocycles. The Hall–Kier alpha value is -0.940. The van der Waals surface area contributed by atoms with Crippen LogP contribution < -0.4 is 5.56 Å². The van der Waals surface area contributed by atoms with Crippen molar-refractivity contribution in [1.29, 1.82) is 0 Å². The van der Waals surface area contributed by atoms with Crippen LogP contribution in [0, 0.1) is 0 Å². The first-order chi connectivity index (χ1) is 6.06. The minimum atomic E-state index is -2.83. The molecule has 0 saturated heterocycles. The maximum absolute atomic E-state index is 12.1. The number of nitrogens with one attached hydrogen (secondary N) is 1. The van der Waals surface area contributed by atoms with Gasteiger partial charge in [-0.25, -0.2) is 8.78 Å². The molecule has 2 N–H and O–H groups in total. The second-order valence-corrected chi connectivity index (χ2v) is 2.75. The van der Waals surface area contributed by atoms with Crippen LogP contribution in [-0.4, -0.2) is 10.1 Å². The number of hydrogen-bond acceptors (Lipinski definition) is 2. The fraction of sp³-hybridized carbons (Fsp3) is 0.286. The lowest BCUT2D eigenvalue weighted by molar-refractivity contribution is 0.145. The SMILES string of the molecule is O=c1[nH]c(C(F)F)c(Cl)cc1CO. The highest BCUT2D eigenvalue weighted by molar-refractivity contribution is 6.31. The van der Waals surface area contributed by atoms with E-state index in [2.05, 4.69) is 0 Å². The average Bonchev–Trinajstić information content (AvgIpc) is 2.07. The monoisotopic (exact) mass is 209 g/mol. The van der Waals surface area contributed by atoms with Crippen LogP contribution in [0.5, 0.6) is 0 Å². The van der Waals surface area contributed by atoms with Gasteiger partial charge in [0.2, 0.25) is 0 Å². The van der Waals surface area contributed by atoms with Gasteiger partial charge < -0.3 is 10.1 Å². The highest BCUT2D eigenvalue weighted by Crippen LogP contribution is 2.23. The fourth-order valence-electron chi connectivity index (χ4n) is 0.835. The van der Waals surface area contributed by atoms with E-state index in [9.17, 15) is 13.6 Å². The third-order valence-corrected chi connectivity index (χ3v) is 1.80. The van der Waals surface area contributed by atoms with Crippen LogP contribution in [-0.2, 0) is 6.61 Å². The number of halogens is 3. The first-order valence-corrected chi connectivity index (χ1v) is 3.74. The lowest BCUT2D eigenvalue weighted by atomic mass is 10.2. The maximum atomic E-state index is 12.1. The van der Waals surface area contributed by atoms with Gasteiger partial charge in [-0.15, -0.1) is 0 Å². The Labute approximate surface area is 77.0 Å². The first kappa shape index (κ1) is 10.1. The second-order valence-electron chi connectivity index (χ2n) is 2.34. The summed E-state index contributed by atoms with van der Waals surface area (Å²) in [5, 5.41) is 8.35. The Morgan fingerprint density at radius 3 is 2.69 bits per heavy atom. The van der Waals surface area contributed by atoms with Crippen LogP contribution in [0.15, 0.2) is 10.9 Å². The van der Waals surface area contributed by atoms with Crippen molar-refractivity contribution in [3.8, 4) is 0 Å². The summed E-state index contributed by atoms with van der Waals surface area (Å²) in [4.78, 5) is 12.8. The molecule has 0 radical (unpaired) electrons. The van der Waals surface area contributed by atoms with Gasteiger partial charge in [-0.1, -0.05) is 11.6 Å². The van der Waals surface area contributed by atoms with E-state index in [0.29, 0.717) is 0 Å². The molecule has 0 amide bonds. The van der Waals surface area contributed by atoms with Crippen LogP contribution in [0.1, 0.15) is 17.7 Å². The zero-order chi connectivity index (χ0) is 10.0. The van der Waals surface area contributed by atoms with E-state index in [1.54, 1.807) is 0 Å². The second kappa shape index (κ2) is 3.85. The lowest BCUT2D eigenvalue weighted by Gasteiger charge is -2.03. The number of aromatic amines is 1. The predicted octanol–water partition coefficient (Wildman–Crippen LogP) is 1.46. The first-order valence-electron chi connectivity index (χ1n) is 3.37. The summed E-state index contributed by atoms with van der Waals surface area (Å²) < 4.78 is 24.3. The zero-order valence-corrected chi connectivity index (χ0v) is 7.11. The van der Waals surface area contributed by atoms with Crippen molar-refractivity contribution in [2.75, 3.05) is 0 Å². The number of aliphatic hydroxyl groups is 1.